The Labute approximate surface area is 158 Å². The summed E-state index contributed by atoms with van der Waals surface area (Å²) in [6, 6.07) is 15.3. The Morgan fingerprint density at radius 3 is 2.26 bits per heavy atom. The number of carbonyl (C=O) groups excluding carboxylic acids is 2. The van der Waals surface area contributed by atoms with Gasteiger partial charge in [0.2, 0.25) is 0 Å². The number of amides is 2. The van der Waals surface area contributed by atoms with Crippen molar-refractivity contribution in [3.05, 3.63) is 71.5 Å². The summed E-state index contributed by atoms with van der Waals surface area (Å²) in [5.74, 6) is -0.985. The number of carbonyl (C=O) groups is 2. The van der Waals surface area contributed by atoms with Crippen LogP contribution in [0.4, 0.5) is 4.39 Å². The van der Waals surface area contributed by atoms with Gasteiger partial charge in [-0.2, -0.15) is 0 Å². The van der Waals surface area contributed by atoms with E-state index in [1.807, 2.05) is 30.3 Å². The number of halogens is 1. The Balaban J connectivity index is 1.68. The van der Waals surface area contributed by atoms with Crippen LogP contribution in [0.3, 0.4) is 0 Å². The van der Waals surface area contributed by atoms with Gasteiger partial charge in [0.05, 0.1) is 5.56 Å². The summed E-state index contributed by atoms with van der Waals surface area (Å²) in [4.78, 5) is 28.9. The molecule has 6 heteroatoms. The first-order valence-corrected chi connectivity index (χ1v) is 9.02. The van der Waals surface area contributed by atoms with E-state index in [1.165, 1.54) is 19.2 Å². The average Bonchev–Trinajstić information content (AvgIpc) is 2.95. The number of methoxy groups -OCH3 is 1. The maximum Gasteiger partial charge on any atom is 0.256 e. The number of hydrogen-bond acceptors (Lipinski definition) is 3. The molecule has 0 bridgehead atoms. The van der Waals surface area contributed by atoms with Gasteiger partial charge in [-0.05, 0) is 24.1 Å². The van der Waals surface area contributed by atoms with Gasteiger partial charge in [0.25, 0.3) is 11.8 Å². The van der Waals surface area contributed by atoms with Crippen LogP contribution in [0.5, 0.6) is 0 Å². The summed E-state index contributed by atoms with van der Waals surface area (Å²) < 4.78 is 19.3. The molecule has 27 heavy (non-hydrogen) atoms. The maximum atomic E-state index is 13.9. The molecular weight excluding hydrogens is 347 g/mol. The van der Waals surface area contributed by atoms with Gasteiger partial charge in [-0.3, -0.25) is 9.59 Å². The van der Waals surface area contributed by atoms with Gasteiger partial charge in [0.15, 0.2) is 6.10 Å². The fraction of sp³-hybridized carbons (Fsp3) is 0.333. The van der Waals surface area contributed by atoms with Gasteiger partial charge in [0.1, 0.15) is 5.82 Å². The highest BCUT2D eigenvalue weighted by atomic mass is 19.1. The molecule has 0 aromatic heterocycles. The second-order valence-corrected chi connectivity index (χ2v) is 6.48. The average molecular weight is 370 g/mol. The Hall–Kier alpha value is -2.73. The second-order valence-electron chi connectivity index (χ2n) is 6.48. The van der Waals surface area contributed by atoms with E-state index < -0.39 is 11.9 Å². The van der Waals surface area contributed by atoms with Crippen LogP contribution in [0, 0.1) is 5.82 Å². The lowest BCUT2D eigenvalue weighted by Crippen LogP contribution is -2.40. The molecule has 0 radical (unpaired) electrons. The SMILES string of the molecule is COC(C(=O)N1CCCN(C(=O)c2ccccc2F)CC1)c1ccccc1. The van der Waals surface area contributed by atoms with E-state index in [2.05, 4.69) is 0 Å². The van der Waals surface area contributed by atoms with Crippen molar-refractivity contribution in [2.45, 2.75) is 12.5 Å². The van der Waals surface area contributed by atoms with Crippen LogP contribution in [-0.4, -0.2) is 54.9 Å². The van der Waals surface area contributed by atoms with Crippen LogP contribution in [0.2, 0.25) is 0 Å². The highest BCUT2D eigenvalue weighted by Crippen LogP contribution is 2.21. The zero-order chi connectivity index (χ0) is 19.2. The summed E-state index contributed by atoms with van der Waals surface area (Å²) in [7, 11) is 1.52. The van der Waals surface area contributed by atoms with Crippen molar-refractivity contribution >= 4 is 11.8 Å². The van der Waals surface area contributed by atoms with E-state index >= 15 is 0 Å². The van der Waals surface area contributed by atoms with Gasteiger partial charge in [-0.25, -0.2) is 4.39 Å². The van der Waals surface area contributed by atoms with Crippen molar-refractivity contribution in [3.63, 3.8) is 0 Å². The third-order valence-corrected chi connectivity index (χ3v) is 4.76. The molecule has 5 nitrogen and oxygen atoms in total. The lowest BCUT2D eigenvalue weighted by molar-refractivity contribution is -0.142. The highest BCUT2D eigenvalue weighted by molar-refractivity contribution is 5.94. The van der Waals surface area contributed by atoms with Crippen LogP contribution in [-0.2, 0) is 9.53 Å². The van der Waals surface area contributed by atoms with Crippen LogP contribution < -0.4 is 0 Å². The fourth-order valence-electron chi connectivity index (χ4n) is 3.32. The smallest absolute Gasteiger partial charge is 0.256 e. The van der Waals surface area contributed by atoms with Crippen molar-refractivity contribution in [1.82, 2.24) is 9.80 Å². The molecule has 3 rings (SSSR count). The molecule has 1 atom stereocenters. The number of benzene rings is 2. The molecule has 0 aliphatic carbocycles. The largest absolute Gasteiger partial charge is 0.367 e. The Morgan fingerprint density at radius 2 is 1.56 bits per heavy atom. The second kappa shape index (κ2) is 8.77. The van der Waals surface area contributed by atoms with Crippen LogP contribution >= 0.6 is 0 Å². The molecule has 1 saturated heterocycles. The zero-order valence-electron chi connectivity index (χ0n) is 15.3. The topological polar surface area (TPSA) is 49.9 Å². The summed E-state index contributed by atoms with van der Waals surface area (Å²) in [6.45, 7) is 1.78. The van der Waals surface area contributed by atoms with Crippen molar-refractivity contribution in [2.24, 2.45) is 0 Å². The maximum absolute atomic E-state index is 13.9. The molecule has 2 amide bonds. The van der Waals surface area contributed by atoms with Crippen molar-refractivity contribution in [3.8, 4) is 0 Å². The minimum Gasteiger partial charge on any atom is -0.367 e. The minimum atomic E-state index is -0.667. The van der Waals surface area contributed by atoms with E-state index in [1.54, 1.807) is 21.9 Å². The van der Waals surface area contributed by atoms with Gasteiger partial charge in [-0.15, -0.1) is 0 Å². The third-order valence-electron chi connectivity index (χ3n) is 4.76. The van der Waals surface area contributed by atoms with Gasteiger partial charge < -0.3 is 14.5 Å². The van der Waals surface area contributed by atoms with E-state index in [0.717, 1.165) is 5.56 Å². The van der Waals surface area contributed by atoms with E-state index in [9.17, 15) is 14.0 Å². The summed E-state index contributed by atoms with van der Waals surface area (Å²) in [5, 5.41) is 0. The predicted molar refractivity (Wildman–Crippen MR) is 99.7 cm³/mol. The van der Waals surface area contributed by atoms with Crippen LogP contribution in [0.25, 0.3) is 0 Å². The fourth-order valence-corrected chi connectivity index (χ4v) is 3.32. The lowest BCUT2D eigenvalue weighted by Gasteiger charge is -2.26. The predicted octanol–water partition coefficient (Wildman–Crippen LogP) is 2.89. The minimum absolute atomic E-state index is 0.0660. The molecule has 1 unspecified atom stereocenters. The Morgan fingerprint density at radius 1 is 0.926 bits per heavy atom. The highest BCUT2D eigenvalue weighted by Gasteiger charge is 2.29. The normalized spacial score (nSPS) is 15.9. The van der Waals surface area contributed by atoms with Crippen LogP contribution in [0.15, 0.2) is 54.6 Å². The molecule has 2 aromatic carbocycles. The zero-order valence-corrected chi connectivity index (χ0v) is 15.3. The van der Waals surface area contributed by atoms with E-state index in [4.69, 9.17) is 4.74 Å². The molecule has 1 aliphatic rings. The first-order valence-electron chi connectivity index (χ1n) is 9.02. The number of nitrogens with zero attached hydrogens (tertiary/aromatic N) is 2. The number of ether oxygens (including phenoxy) is 1. The summed E-state index contributed by atoms with van der Waals surface area (Å²) in [6.07, 6.45) is -0.0306. The molecule has 1 heterocycles. The Bertz CT molecular complexity index is 797. The monoisotopic (exact) mass is 370 g/mol. The summed E-state index contributed by atoms with van der Waals surface area (Å²) >= 11 is 0. The molecule has 1 fully saturated rings. The molecule has 2 aromatic rings. The standard InChI is InChI=1S/C21H23FN2O3/c1-27-19(16-8-3-2-4-9-16)21(26)24-13-7-12-23(14-15-24)20(25)17-10-5-6-11-18(17)22/h2-6,8-11,19H,7,12-15H2,1H3. The first kappa shape index (κ1) is 19.0. The quantitative estimate of drug-likeness (QED) is 0.832. The van der Waals surface area contributed by atoms with Crippen molar-refractivity contribution in [2.75, 3.05) is 33.3 Å². The first-order chi connectivity index (χ1) is 13.1. The van der Waals surface area contributed by atoms with E-state index in [0.29, 0.717) is 32.6 Å². The molecule has 0 N–H and O–H groups in total. The van der Waals surface area contributed by atoms with Crippen LogP contribution in [0.1, 0.15) is 28.4 Å². The molecule has 1 aliphatic heterocycles. The lowest BCUT2D eigenvalue weighted by atomic mass is 10.1. The number of hydrogen-bond donors (Lipinski definition) is 0. The number of rotatable bonds is 4. The van der Waals surface area contributed by atoms with Crippen molar-refractivity contribution < 1.29 is 18.7 Å². The van der Waals surface area contributed by atoms with Crippen molar-refractivity contribution in [1.29, 1.82) is 0 Å². The summed E-state index contributed by atoms with van der Waals surface area (Å²) in [5.41, 5.74) is 0.866. The van der Waals surface area contributed by atoms with E-state index in [-0.39, 0.29) is 17.4 Å². The van der Waals surface area contributed by atoms with Gasteiger partial charge >= 0.3 is 0 Å². The van der Waals surface area contributed by atoms with Gasteiger partial charge in [0, 0.05) is 33.3 Å². The third kappa shape index (κ3) is 4.34. The molecule has 0 spiro atoms. The Kier molecular flexibility index (Phi) is 6.19. The molecular formula is C21H23FN2O3. The molecule has 142 valence electrons. The molecule has 0 saturated carbocycles. The van der Waals surface area contributed by atoms with Gasteiger partial charge in [-0.1, -0.05) is 42.5 Å².